The van der Waals surface area contributed by atoms with Crippen molar-refractivity contribution < 1.29 is 4.79 Å². The van der Waals surface area contributed by atoms with E-state index >= 15 is 0 Å². The minimum atomic E-state index is -1.32. The highest BCUT2D eigenvalue weighted by molar-refractivity contribution is 6.19. The molecule has 5 heteroatoms. The van der Waals surface area contributed by atoms with Crippen molar-refractivity contribution in [2.75, 3.05) is 0 Å². The van der Waals surface area contributed by atoms with Crippen LogP contribution in [0.1, 0.15) is 5.56 Å². The number of hydrogen-bond donors (Lipinski definition) is 2. The normalized spacial score (nSPS) is 16.6. The first kappa shape index (κ1) is 10.7. The molecule has 0 spiro atoms. The maximum Gasteiger partial charge on any atom is 0.278 e. The molecule has 0 aliphatic carbocycles. The number of carbonyl (C=O) groups is 1. The number of rotatable bonds is 4. The lowest BCUT2D eigenvalue weighted by atomic mass is 10.1. The summed E-state index contributed by atoms with van der Waals surface area (Å²) in [4.78, 5) is 19.9. The van der Waals surface area contributed by atoms with E-state index in [0.29, 0.717) is 0 Å². The van der Waals surface area contributed by atoms with Crippen LogP contribution in [0.25, 0.3) is 0 Å². The summed E-state index contributed by atoms with van der Waals surface area (Å²) in [5.74, 6) is 3.83. The van der Waals surface area contributed by atoms with Gasteiger partial charge in [0.25, 0.3) is 5.79 Å². The number of hydrogen-bond acceptors (Lipinski definition) is 5. The topological polar surface area (TPSA) is 79.8 Å². The first-order valence-electron chi connectivity index (χ1n) is 4.91. The predicted molar refractivity (Wildman–Crippen MR) is 62.2 cm³/mol. The van der Waals surface area contributed by atoms with E-state index in [1.165, 1.54) is 12.4 Å². The largest absolute Gasteiger partial charge is 0.293 e. The summed E-state index contributed by atoms with van der Waals surface area (Å²) in [5.41, 5.74) is 3.27. The number of benzene rings is 1. The van der Waals surface area contributed by atoms with Crippen LogP contribution in [0.4, 0.5) is 0 Å². The van der Waals surface area contributed by atoms with Crippen LogP contribution >= 0.6 is 0 Å². The SMILES string of the molecule is NNC1(C(=O)Cc2ccccc2)N=CC=N1. The van der Waals surface area contributed by atoms with Gasteiger partial charge in [-0.3, -0.25) is 10.6 Å². The molecule has 0 radical (unpaired) electrons. The van der Waals surface area contributed by atoms with Crippen molar-refractivity contribution in [2.24, 2.45) is 15.8 Å². The Morgan fingerprint density at radius 1 is 1.25 bits per heavy atom. The van der Waals surface area contributed by atoms with Crippen molar-refractivity contribution in [3.8, 4) is 0 Å². The zero-order valence-electron chi connectivity index (χ0n) is 8.63. The van der Waals surface area contributed by atoms with Crippen molar-refractivity contribution in [2.45, 2.75) is 12.2 Å². The Labute approximate surface area is 93.1 Å². The van der Waals surface area contributed by atoms with Crippen LogP contribution in [-0.4, -0.2) is 24.0 Å². The van der Waals surface area contributed by atoms with Crippen LogP contribution in [0.5, 0.6) is 0 Å². The number of ketones is 1. The molecule has 0 saturated heterocycles. The summed E-state index contributed by atoms with van der Waals surface area (Å²) >= 11 is 0. The smallest absolute Gasteiger partial charge is 0.278 e. The Balaban J connectivity index is 2.14. The average molecular weight is 216 g/mol. The van der Waals surface area contributed by atoms with E-state index < -0.39 is 5.79 Å². The highest BCUT2D eigenvalue weighted by Crippen LogP contribution is 2.15. The van der Waals surface area contributed by atoms with Crippen LogP contribution in [-0.2, 0) is 11.2 Å². The zero-order chi connectivity index (χ0) is 11.4. The van der Waals surface area contributed by atoms with E-state index in [9.17, 15) is 4.79 Å². The molecule has 1 aliphatic heterocycles. The number of carbonyl (C=O) groups excluding carboxylic acids is 1. The molecule has 2 rings (SSSR count). The Bertz CT molecular complexity index is 427. The number of aliphatic imine (C=N–C) groups is 2. The van der Waals surface area contributed by atoms with Gasteiger partial charge in [-0.1, -0.05) is 30.3 Å². The second-order valence-corrected chi connectivity index (χ2v) is 3.46. The highest BCUT2D eigenvalue weighted by Gasteiger charge is 2.36. The summed E-state index contributed by atoms with van der Waals surface area (Å²) in [5, 5.41) is 0. The molecule has 0 amide bonds. The fourth-order valence-corrected chi connectivity index (χ4v) is 1.52. The standard InChI is InChI=1S/C11H12N4O/c12-15-11(13-6-7-14-11)10(16)8-9-4-2-1-3-5-9/h1-7,15H,8,12H2. The Hall–Kier alpha value is -1.85. The molecule has 0 unspecified atom stereocenters. The van der Waals surface area contributed by atoms with Crippen molar-refractivity contribution >= 4 is 18.2 Å². The van der Waals surface area contributed by atoms with Crippen LogP contribution in [0, 0.1) is 0 Å². The molecule has 1 heterocycles. The summed E-state index contributed by atoms with van der Waals surface area (Å²) in [6.07, 6.45) is 3.17. The highest BCUT2D eigenvalue weighted by atomic mass is 16.1. The van der Waals surface area contributed by atoms with Crippen LogP contribution < -0.4 is 11.3 Å². The van der Waals surface area contributed by atoms with E-state index in [2.05, 4.69) is 15.4 Å². The third-order valence-electron chi connectivity index (χ3n) is 2.39. The van der Waals surface area contributed by atoms with Crippen molar-refractivity contribution in [1.82, 2.24) is 5.43 Å². The summed E-state index contributed by atoms with van der Waals surface area (Å²) < 4.78 is 0. The Morgan fingerprint density at radius 2 is 1.88 bits per heavy atom. The molecule has 0 atom stereocenters. The van der Waals surface area contributed by atoms with E-state index in [-0.39, 0.29) is 12.2 Å². The van der Waals surface area contributed by atoms with Crippen molar-refractivity contribution in [3.63, 3.8) is 0 Å². The number of nitrogens with two attached hydrogens (primary N) is 1. The Kier molecular flexibility index (Phi) is 2.89. The maximum absolute atomic E-state index is 12.0. The quantitative estimate of drug-likeness (QED) is 0.552. The van der Waals surface area contributed by atoms with Gasteiger partial charge in [0.05, 0.1) is 0 Å². The van der Waals surface area contributed by atoms with Gasteiger partial charge < -0.3 is 0 Å². The van der Waals surface area contributed by atoms with Crippen LogP contribution in [0.15, 0.2) is 40.3 Å². The molecule has 16 heavy (non-hydrogen) atoms. The molecule has 1 aliphatic rings. The molecule has 1 aromatic carbocycles. The van der Waals surface area contributed by atoms with Gasteiger partial charge in [0.2, 0.25) is 5.78 Å². The van der Waals surface area contributed by atoms with Crippen LogP contribution in [0.3, 0.4) is 0 Å². The fraction of sp³-hybridized carbons (Fsp3) is 0.182. The van der Waals surface area contributed by atoms with Gasteiger partial charge in [0.15, 0.2) is 0 Å². The fourth-order valence-electron chi connectivity index (χ4n) is 1.52. The number of hydrazine groups is 1. The maximum atomic E-state index is 12.0. The van der Waals surface area contributed by atoms with Gasteiger partial charge >= 0.3 is 0 Å². The van der Waals surface area contributed by atoms with Crippen molar-refractivity contribution in [3.05, 3.63) is 35.9 Å². The molecule has 82 valence electrons. The molecular formula is C11H12N4O. The van der Waals surface area contributed by atoms with Crippen LogP contribution in [0.2, 0.25) is 0 Å². The first-order chi connectivity index (χ1) is 7.77. The summed E-state index contributed by atoms with van der Waals surface area (Å²) in [7, 11) is 0. The second kappa shape index (κ2) is 4.34. The molecule has 1 aromatic rings. The van der Waals surface area contributed by atoms with Gasteiger partial charge in [-0.25, -0.2) is 15.4 Å². The van der Waals surface area contributed by atoms with E-state index in [0.717, 1.165) is 5.56 Å². The molecule has 0 fully saturated rings. The van der Waals surface area contributed by atoms with Crippen molar-refractivity contribution in [1.29, 1.82) is 0 Å². The molecule has 0 bridgehead atoms. The minimum absolute atomic E-state index is 0.175. The number of nitrogens with zero attached hydrogens (tertiary/aromatic N) is 2. The van der Waals surface area contributed by atoms with E-state index in [1.807, 2.05) is 30.3 Å². The third kappa shape index (κ3) is 1.91. The predicted octanol–water partition coefficient (Wildman–Crippen LogP) is 0.0705. The average Bonchev–Trinajstić information content (AvgIpc) is 2.80. The van der Waals surface area contributed by atoms with E-state index in [4.69, 9.17) is 5.84 Å². The Morgan fingerprint density at radius 3 is 2.44 bits per heavy atom. The lowest BCUT2D eigenvalue weighted by Gasteiger charge is -2.19. The van der Waals surface area contributed by atoms with Gasteiger partial charge in [0.1, 0.15) is 0 Å². The van der Waals surface area contributed by atoms with E-state index in [1.54, 1.807) is 0 Å². The molecule has 3 N–H and O–H groups in total. The molecular weight excluding hydrogens is 204 g/mol. The second-order valence-electron chi connectivity index (χ2n) is 3.46. The first-order valence-corrected chi connectivity index (χ1v) is 4.91. The molecule has 0 saturated carbocycles. The molecule has 0 aromatic heterocycles. The van der Waals surface area contributed by atoms with Gasteiger partial charge in [-0.05, 0) is 5.56 Å². The minimum Gasteiger partial charge on any atom is -0.293 e. The molecule has 5 nitrogen and oxygen atoms in total. The number of nitrogens with one attached hydrogen (secondary N) is 1. The monoisotopic (exact) mass is 216 g/mol. The summed E-state index contributed by atoms with van der Waals surface area (Å²) in [6.45, 7) is 0. The summed E-state index contributed by atoms with van der Waals surface area (Å²) in [6, 6.07) is 9.42. The lowest BCUT2D eigenvalue weighted by Crippen LogP contribution is -2.52. The zero-order valence-corrected chi connectivity index (χ0v) is 8.63. The number of Topliss-reactive ketones (excluding diaryl/α,β-unsaturated/α-hetero) is 1. The third-order valence-corrected chi connectivity index (χ3v) is 2.39. The van der Waals surface area contributed by atoms with Gasteiger partial charge in [-0.2, -0.15) is 0 Å². The van der Waals surface area contributed by atoms with Gasteiger partial charge in [0, 0.05) is 18.9 Å². The van der Waals surface area contributed by atoms with Gasteiger partial charge in [-0.15, -0.1) is 0 Å². The lowest BCUT2D eigenvalue weighted by molar-refractivity contribution is -0.124.